The lowest BCUT2D eigenvalue weighted by molar-refractivity contribution is -0.385. The smallest absolute Gasteiger partial charge is 0.276 e. The summed E-state index contributed by atoms with van der Waals surface area (Å²) < 4.78 is 5.54. The van der Waals surface area contributed by atoms with E-state index in [2.05, 4.69) is 10.3 Å². The van der Waals surface area contributed by atoms with Gasteiger partial charge in [-0.15, -0.1) is 0 Å². The Morgan fingerprint density at radius 2 is 2.00 bits per heavy atom. The molecule has 2 aromatic rings. The van der Waals surface area contributed by atoms with Crippen LogP contribution in [0.2, 0.25) is 0 Å². The Hall–Kier alpha value is -2.96. The molecule has 0 spiro atoms. The first-order valence-electron chi connectivity index (χ1n) is 6.12. The number of hydrogen-bond acceptors (Lipinski definition) is 5. The Labute approximate surface area is 120 Å². The van der Waals surface area contributed by atoms with E-state index < -0.39 is 4.92 Å². The van der Waals surface area contributed by atoms with E-state index in [0.717, 1.165) is 0 Å². The standard InChI is InChI=1S/C14H13N3O4/c1-9-3-4-10(8-13(9)17(19)20)21-11-5-6-16-12(7-11)14(18)15-2/h3-8H,1-2H3,(H,15,18). The quantitative estimate of drug-likeness (QED) is 0.688. The number of pyridine rings is 1. The third kappa shape index (κ3) is 3.33. The molecular formula is C14H13N3O4. The molecule has 2 rings (SSSR count). The molecule has 0 saturated heterocycles. The normalized spacial score (nSPS) is 10.0. The van der Waals surface area contributed by atoms with E-state index in [9.17, 15) is 14.9 Å². The second-order valence-electron chi connectivity index (χ2n) is 4.26. The highest BCUT2D eigenvalue weighted by molar-refractivity contribution is 5.92. The summed E-state index contributed by atoms with van der Waals surface area (Å²) in [6.07, 6.45) is 1.43. The van der Waals surface area contributed by atoms with Crippen LogP contribution in [-0.2, 0) is 0 Å². The summed E-state index contributed by atoms with van der Waals surface area (Å²) in [5, 5.41) is 13.4. The van der Waals surface area contributed by atoms with E-state index in [1.165, 1.54) is 25.4 Å². The number of amides is 1. The van der Waals surface area contributed by atoms with Gasteiger partial charge in [0, 0.05) is 24.9 Å². The fourth-order valence-corrected chi connectivity index (χ4v) is 1.71. The number of aryl methyl sites for hydroxylation is 1. The van der Waals surface area contributed by atoms with Crippen molar-refractivity contribution >= 4 is 11.6 Å². The van der Waals surface area contributed by atoms with Gasteiger partial charge >= 0.3 is 0 Å². The van der Waals surface area contributed by atoms with Gasteiger partial charge in [-0.25, -0.2) is 0 Å². The molecule has 1 amide bonds. The van der Waals surface area contributed by atoms with Crippen LogP contribution in [0.4, 0.5) is 5.69 Å². The molecule has 0 aliphatic heterocycles. The predicted octanol–water partition coefficient (Wildman–Crippen LogP) is 2.45. The number of carbonyl (C=O) groups is 1. The molecule has 108 valence electrons. The predicted molar refractivity (Wildman–Crippen MR) is 75.5 cm³/mol. The SMILES string of the molecule is CNC(=O)c1cc(Oc2ccc(C)c([N+](=O)[O-])c2)ccn1. The van der Waals surface area contributed by atoms with Crippen molar-refractivity contribution in [1.82, 2.24) is 10.3 Å². The molecule has 0 bridgehead atoms. The third-order valence-corrected chi connectivity index (χ3v) is 2.80. The molecular weight excluding hydrogens is 274 g/mol. The Kier molecular flexibility index (Phi) is 4.13. The number of nitro groups is 1. The molecule has 0 fully saturated rings. The van der Waals surface area contributed by atoms with Crippen molar-refractivity contribution in [2.24, 2.45) is 0 Å². The molecule has 0 aliphatic rings. The molecule has 7 nitrogen and oxygen atoms in total. The Morgan fingerprint density at radius 3 is 2.67 bits per heavy atom. The maximum atomic E-state index is 11.5. The zero-order valence-corrected chi connectivity index (χ0v) is 11.5. The van der Waals surface area contributed by atoms with Gasteiger partial charge in [-0.1, -0.05) is 0 Å². The number of ether oxygens (including phenoxy) is 1. The van der Waals surface area contributed by atoms with Gasteiger partial charge in [0.2, 0.25) is 0 Å². The number of aromatic nitrogens is 1. The van der Waals surface area contributed by atoms with Crippen molar-refractivity contribution in [2.75, 3.05) is 7.05 Å². The third-order valence-electron chi connectivity index (χ3n) is 2.80. The van der Waals surface area contributed by atoms with Gasteiger partial charge in [-0.05, 0) is 25.1 Å². The van der Waals surface area contributed by atoms with E-state index in [1.807, 2.05) is 0 Å². The zero-order chi connectivity index (χ0) is 15.4. The average Bonchev–Trinajstić information content (AvgIpc) is 2.48. The molecule has 1 heterocycles. The summed E-state index contributed by atoms with van der Waals surface area (Å²) in [6.45, 7) is 1.65. The molecule has 1 N–H and O–H groups in total. The number of nitrogens with one attached hydrogen (secondary N) is 1. The first-order valence-corrected chi connectivity index (χ1v) is 6.12. The number of nitrogens with zero attached hydrogens (tertiary/aromatic N) is 2. The van der Waals surface area contributed by atoms with Crippen LogP contribution in [0.1, 0.15) is 16.1 Å². The first kappa shape index (κ1) is 14.4. The summed E-state index contributed by atoms with van der Waals surface area (Å²) in [5.74, 6) is 0.360. The maximum Gasteiger partial charge on any atom is 0.276 e. The van der Waals surface area contributed by atoms with Crippen molar-refractivity contribution in [3.63, 3.8) is 0 Å². The lowest BCUT2D eigenvalue weighted by Gasteiger charge is -2.07. The van der Waals surface area contributed by atoms with Gasteiger partial charge < -0.3 is 10.1 Å². The van der Waals surface area contributed by atoms with Crippen LogP contribution in [0.25, 0.3) is 0 Å². The highest BCUT2D eigenvalue weighted by Crippen LogP contribution is 2.27. The fourth-order valence-electron chi connectivity index (χ4n) is 1.71. The molecule has 0 aliphatic carbocycles. The summed E-state index contributed by atoms with van der Waals surface area (Å²) in [7, 11) is 1.50. The summed E-state index contributed by atoms with van der Waals surface area (Å²) >= 11 is 0. The van der Waals surface area contributed by atoms with Gasteiger partial charge in [-0.2, -0.15) is 0 Å². The van der Waals surface area contributed by atoms with Crippen LogP contribution in [-0.4, -0.2) is 22.9 Å². The van der Waals surface area contributed by atoms with Crippen LogP contribution in [0.15, 0.2) is 36.5 Å². The zero-order valence-electron chi connectivity index (χ0n) is 11.5. The van der Waals surface area contributed by atoms with Gasteiger partial charge in [-0.3, -0.25) is 19.9 Å². The molecule has 21 heavy (non-hydrogen) atoms. The van der Waals surface area contributed by atoms with E-state index in [-0.39, 0.29) is 17.3 Å². The van der Waals surface area contributed by atoms with Crippen molar-refractivity contribution in [3.8, 4) is 11.5 Å². The fraction of sp³-hybridized carbons (Fsp3) is 0.143. The molecule has 1 aromatic carbocycles. The number of hydrogen-bond donors (Lipinski definition) is 1. The maximum absolute atomic E-state index is 11.5. The van der Waals surface area contributed by atoms with E-state index >= 15 is 0 Å². The largest absolute Gasteiger partial charge is 0.457 e. The first-order chi connectivity index (χ1) is 10.0. The van der Waals surface area contributed by atoms with Crippen molar-refractivity contribution in [3.05, 3.63) is 57.9 Å². The van der Waals surface area contributed by atoms with Crippen LogP contribution >= 0.6 is 0 Å². The van der Waals surface area contributed by atoms with Crippen LogP contribution < -0.4 is 10.1 Å². The number of rotatable bonds is 4. The van der Waals surface area contributed by atoms with Crippen LogP contribution in [0.3, 0.4) is 0 Å². The second kappa shape index (κ2) is 6.00. The molecule has 7 heteroatoms. The highest BCUT2D eigenvalue weighted by Gasteiger charge is 2.13. The number of nitro benzene ring substituents is 1. The molecule has 0 saturated carbocycles. The van der Waals surface area contributed by atoms with Gasteiger partial charge in [0.15, 0.2) is 0 Å². The monoisotopic (exact) mass is 287 g/mol. The van der Waals surface area contributed by atoms with E-state index in [1.54, 1.807) is 25.1 Å². The number of benzene rings is 1. The summed E-state index contributed by atoms with van der Waals surface area (Å²) in [5.41, 5.74) is 0.734. The van der Waals surface area contributed by atoms with E-state index in [0.29, 0.717) is 17.1 Å². The highest BCUT2D eigenvalue weighted by atomic mass is 16.6. The molecule has 0 radical (unpaired) electrons. The molecule has 1 aromatic heterocycles. The minimum absolute atomic E-state index is 0.0203. The Morgan fingerprint density at radius 1 is 1.29 bits per heavy atom. The lowest BCUT2D eigenvalue weighted by Crippen LogP contribution is -2.18. The molecule has 0 unspecified atom stereocenters. The number of carbonyl (C=O) groups excluding carboxylic acids is 1. The van der Waals surface area contributed by atoms with Crippen molar-refractivity contribution in [2.45, 2.75) is 6.92 Å². The van der Waals surface area contributed by atoms with Gasteiger partial charge in [0.05, 0.1) is 11.0 Å². The van der Waals surface area contributed by atoms with Crippen molar-refractivity contribution in [1.29, 1.82) is 0 Å². The van der Waals surface area contributed by atoms with E-state index in [4.69, 9.17) is 4.74 Å². The van der Waals surface area contributed by atoms with Crippen molar-refractivity contribution < 1.29 is 14.5 Å². The topological polar surface area (TPSA) is 94.4 Å². The molecule has 0 atom stereocenters. The van der Waals surface area contributed by atoms with Gasteiger partial charge in [0.25, 0.3) is 11.6 Å². The van der Waals surface area contributed by atoms with Gasteiger partial charge in [0.1, 0.15) is 17.2 Å². The average molecular weight is 287 g/mol. The summed E-state index contributed by atoms with van der Waals surface area (Å²) in [6, 6.07) is 7.61. The van der Waals surface area contributed by atoms with Crippen LogP contribution in [0, 0.1) is 17.0 Å². The Balaban J connectivity index is 2.28. The summed E-state index contributed by atoms with van der Waals surface area (Å²) in [4.78, 5) is 25.8. The minimum atomic E-state index is -0.468. The Bertz CT molecular complexity index is 700. The second-order valence-corrected chi connectivity index (χ2v) is 4.26. The lowest BCUT2D eigenvalue weighted by atomic mass is 10.2. The minimum Gasteiger partial charge on any atom is -0.457 e. The van der Waals surface area contributed by atoms with Crippen LogP contribution in [0.5, 0.6) is 11.5 Å².